The Morgan fingerprint density at radius 3 is 2.86 bits per heavy atom. The molecule has 2 aromatic rings. The molecule has 70 valence electrons. The topological polar surface area (TPSA) is 34.9 Å². The first-order chi connectivity index (χ1) is 6.79. The third kappa shape index (κ3) is 1.57. The molecule has 0 radical (unpaired) electrons. The van der Waals surface area contributed by atoms with Gasteiger partial charge in [-0.05, 0) is 30.7 Å². The molecule has 3 heteroatoms. The minimum Gasteiger partial charge on any atom is -0.296 e. The van der Waals surface area contributed by atoms with Gasteiger partial charge in [0.05, 0.1) is 5.69 Å². The number of rotatable bonds is 2. The van der Waals surface area contributed by atoms with Gasteiger partial charge in [0.15, 0.2) is 6.29 Å². The van der Waals surface area contributed by atoms with Crippen molar-refractivity contribution in [2.24, 2.45) is 0 Å². The Morgan fingerprint density at radius 2 is 2.21 bits per heavy atom. The van der Waals surface area contributed by atoms with E-state index in [-0.39, 0.29) is 0 Å². The fourth-order valence-electron chi connectivity index (χ4n) is 1.32. The number of aryl methyl sites for hydroxylation is 1. The van der Waals surface area contributed by atoms with Crippen molar-refractivity contribution in [3.8, 4) is 5.69 Å². The second-order valence-electron chi connectivity index (χ2n) is 3.14. The van der Waals surface area contributed by atoms with Crippen molar-refractivity contribution >= 4 is 6.29 Å². The molecule has 0 aliphatic rings. The Hall–Kier alpha value is -1.90. The van der Waals surface area contributed by atoms with Gasteiger partial charge in [-0.15, -0.1) is 0 Å². The normalized spacial score (nSPS) is 10.1. The first-order valence-corrected chi connectivity index (χ1v) is 4.37. The molecule has 0 spiro atoms. The summed E-state index contributed by atoms with van der Waals surface area (Å²) in [6.45, 7) is 2.02. The van der Waals surface area contributed by atoms with E-state index in [0.717, 1.165) is 12.0 Å². The molecule has 0 atom stereocenters. The van der Waals surface area contributed by atoms with Crippen molar-refractivity contribution in [3.05, 3.63) is 47.8 Å². The van der Waals surface area contributed by atoms with E-state index in [1.165, 1.54) is 5.56 Å². The molecule has 2 rings (SSSR count). The van der Waals surface area contributed by atoms with Crippen molar-refractivity contribution in [3.63, 3.8) is 0 Å². The second kappa shape index (κ2) is 3.46. The summed E-state index contributed by atoms with van der Waals surface area (Å²) in [5.74, 6) is 0. The molecular formula is C11H10N2O. The lowest BCUT2D eigenvalue weighted by molar-refractivity contribution is 0.111. The summed E-state index contributed by atoms with van der Waals surface area (Å²) < 4.78 is 1.69. The lowest BCUT2D eigenvalue weighted by atomic mass is 10.2. The highest BCUT2D eigenvalue weighted by Crippen LogP contribution is 2.08. The largest absolute Gasteiger partial charge is 0.296 e. The number of hydrogen-bond acceptors (Lipinski definition) is 2. The van der Waals surface area contributed by atoms with E-state index in [4.69, 9.17) is 0 Å². The van der Waals surface area contributed by atoms with Crippen LogP contribution in [0.4, 0.5) is 0 Å². The van der Waals surface area contributed by atoms with Crippen LogP contribution in [0.5, 0.6) is 0 Å². The van der Waals surface area contributed by atoms with Crippen LogP contribution < -0.4 is 0 Å². The molecule has 1 aromatic carbocycles. The van der Waals surface area contributed by atoms with E-state index in [2.05, 4.69) is 5.10 Å². The number of benzene rings is 1. The zero-order chi connectivity index (χ0) is 9.97. The highest BCUT2D eigenvalue weighted by atomic mass is 16.1. The lowest BCUT2D eigenvalue weighted by Gasteiger charge is -2.01. The molecule has 0 N–H and O–H groups in total. The Labute approximate surface area is 82.0 Å². The lowest BCUT2D eigenvalue weighted by Crippen LogP contribution is -1.95. The summed E-state index contributed by atoms with van der Waals surface area (Å²) in [4.78, 5) is 10.4. The van der Waals surface area contributed by atoms with E-state index in [1.807, 2.05) is 31.2 Å². The molecule has 0 saturated heterocycles. The molecule has 1 aromatic heterocycles. The molecule has 3 nitrogen and oxygen atoms in total. The predicted octanol–water partition coefficient (Wildman–Crippen LogP) is 1.99. The maximum atomic E-state index is 10.4. The van der Waals surface area contributed by atoms with Gasteiger partial charge in [0.2, 0.25) is 0 Å². The summed E-state index contributed by atoms with van der Waals surface area (Å²) in [6, 6.07) is 9.64. The average Bonchev–Trinajstić information content (AvgIpc) is 2.66. The van der Waals surface area contributed by atoms with Crippen LogP contribution in [-0.2, 0) is 0 Å². The molecule has 0 saturated carbocycles. The van der Waals surface area contributed by atoms with Crippen LogP contribution >= 0.6 is 0 Å². The number of carbonyl (C=O) groups excluding carboxylic acids is 1. The first kappa shape index (κ1) is 8.69. The Balaban J connectivity index is 2.43. The van der Waals surface area contributed by atoms with E-state index in [9.17, 15) is 4.79 Å². The van der Waals surface area contributed by atoms with Gasteiger partial charge >= 0.3 is 0 Å². The van der Waals surface area contributed by atoms with Crippen molar-refractivity contribution in [1.82, 2.24) is 9.78 Å². The molecule has 0 fully saturated rings. The zero-order valence-corrected chi connectivity index (χ0v) is 7.84. The zero-order valence-electron chi connectivity index (χ0n) is 7.84. The second-order valence-corrected chi connectivity index (χ2v) is 3.14. The van der Waals surface area contributed by atoms with Crippen LogP contribution in [0.3, 0.4) is 0 Å². The first-order valence-electron chi connectivity index (χ1n) is 4.37. The summed E-state index contributed by atoms with van der Waals surface area (Å²) in [7, 11) is 0. The Bertz CT molecular complexity index is 460. The quantitative estimate of drug-likeness (QED) is 0.672. The molecule has 0 aliphatic carbocycles. The van der Waals surface area contributed by atoms with Crippen LogP contribution in [0.2, 0.25) is 0 Å². The maximum Gasteiger partial charge on any atom is 0.170 e. The number of carbonyl (C=O) groups is 1. The van der Waals surface area contributed by atoms with Crippen molar-refractivity contribution in [1.29, 1.82) is 0 Å². The van der Waals surface area contributed by atoms with Crippen LogP contribution in [-0.4, -0.2) is 16.1 Å². The van der Waals surface area contributed by atoms with Crippen molar-refractivity contribution in [2.75, 3.05) is 0 Å². The minimum atomic E-state index is 0.450. The molecule has 0 aliphatic heterocycles. The van der Waals surface area contributed by atoms with Gasteiger partial charge in [-0.3, -0.25) is 4.79 Å². The van der Waals surface area contributed by atoms with Crippen molar-refractivity contribution < 1.29 is 4.79 Å². The van der Waals surface area contributed by atoms with E-state index >= 15 is 0 Å². The Morgan fingerprint density at radius 1 is 1.36 bits per heavy atom. The van der Waals surface area contributed by atoms with Crippen LogP contribution in [0.25, 0.3) is 5.69 Å². The Kier molecular flexibility index (Phi) is 2.14. The van der Waals surface area contributed by atoms with E-state index < -0.39 is 0 Å². The molecule has 0 amide bonds. The van der Waals surface area contributed by atoms with Gasteiger partial charge in [0.1, 0.15) is 5.69 Å². The molecule has 1 heterocycles. The summed E-state index contributed by atoms with van der Waals surface area (Å²) in [5.41, 5.74) is 2.59. The van der Waals surface area contributed by atoms with Gasteiger partial charge in [-0.2, -0.15) is 5.10 Å². The van der Waals surface area contributed by atoms with Crippen LogP contribution in [0.15, 0.2) is 36.5 Å². The van der Waals surface area contributed by atoms with Gasteiger partial charge < -0.3 is 0 Å². The van der Waals surface area contributed by atoms with Crippen molar-refractivity contribution in [2.45, 2.75) is 6.92 Å². The summed E-state index contributed by atoms with van der Waals surface area (Å²) >= 11 is 0. The molecule has 14 heavy (non-hydrogen) atoms. The third-order valence-electron chi connectivity index (χ3n) is 2.00. The fourth-order valence-corrected chi connectivity index (χ4v) is 1.32. The van der Waals surface area contributed by atoms with Gasteiger partial charge in [0.25, 0.3) is 0 Å². The monoisotopic (exact) mass is 186 g/mol. The highest BCUT2D eigenvalue weighted by Gasteiger charge is 1.99. The maximum absolute atomic E-state index is 10.4. The molecule has 0 bridgehead atoms. The SMILES string of the molecule is Cc1cccc(-n2ccc(C=O)n2)c1. The smallest absolute Gasteiger partial charge is 0.170 e. The highest BCUT2D eigenvalue weighted by molar-refractivity contribution is 5.71. The number of aldehydes is 1. The number of hydrogen-bond donors (Lipinski definition) is 0. The van der Waals surface area contributed by atoms with Crippen LogP contribution in [0.1, 0.15) is 16.1 Å². The fraction of sp³-hybridized carbons (Fsp3) is 0.0909. The van der Waals surface area contributed by atoms with E-state index in [0.29, 0.717) is 5.69 Å². The number of nitrogens with zero attached hydrogens (tertiary/aromatic N) is 2. The predicted molar refractivity (Wildman–Crippen MR) is 53.7 cm³/mol. The molecular weight excluding hydrogens is 176 g/mol. The van der Waals surface area contributed by atoms with E-state index in [1.54, 1.807) is 16.9 Å². The average molecular weight is 186 g/mol. The minimum absolute atomic E-state index is 0.450. The number of aromatic nitrogens is 2. The third-order valence-corrected chi connectivity index (χ3v) is 2.00. The van der Waals surface area contributed by atoms with Gasteiger partial charge in [0, 0.05) is 6.20 Å². The van der Waals surface area contributed by atoms with Crippen LogP contribution in [0, 0.1) is 6.92 Å². The van der Waals surface area contributed by atoms with Gasteiger partial charge in [-0.1, -0.05) is 12.1 Å². The summed E-state index contributed by atoms with van der Waals surface area (Å²) in [6.07, 6.45) is 2.52. The summed E-state index contributed by atoms with van der Waals surface area (Å²) in [5, 5.41) is 4.09. The standard InChI is InChI=1S/C11H10N2O/c1-9-3-2-4-11(7-9)13-6-5-10(8-14)12-13/h2-8H,1H3. The van der Waals surface area contributed by atoms with Gasteiger partial charge in [-0.25, -0.2) is 4.68 Å². The molecule has 0 unspecified atom stereocenters.